The molecule has 1 aromatic heterocycles. The Balaban J connectivity index is 1.60. The number of morpholine rings is 1. The maximum absolute atomic E-state index is 13.1. The summed E-state index contributed by atoms with van der Waals surface area (Å²) in [6, 6.07) is 4.30. The molecular formula is C18H21FN4O3. The van der Waals surface area contributed by atoms with Crippen LogP contribution in [-0.2, 0) is 16.1 Å². The highest BCUT2D eigenvalue weighted by Gasteiger charge is 2.26. The molecule has 26 heavy (non-hydrogen) atoms. The summed E-state index contributed by atoms with van der Waals surface area (Å²) in [5.74, 6) is 0.444. The van der Waals surface area contributed by atoms with Crippen LogP contribution >= 0.6 is 0 Å². The number of aromatic nitrogens is 2. The van der Waals surface area contributed by atoms with E-state index in [0.717, 1.165) is 12.2 Å². The molecule has 0 radical (unpaired) electrons. The van der Waals surface area contributed by atoms with E-state index in [-0.39, 0.29) is 11.7 Å². The lowest BCUT2D eigenvalue weighted by molar-refractivity contribution is -0.138. The van der Waals surface area contributed by atoms with Gasteiger partial charge in [-0.1, -0.05) is 0 Å². The molecule has 1 saturated heterocycles. The highest BCUT2D eigenvalue weighted by molar-refractivity contribution is 5.80. The molecule has 0 aliphatic carbocycles. The zero-order chi connectivity index (χ0) is 18.5. The van der Waals surface area contributed by atoms with Gasteiger partial charge in [-0.05, 0) is 30.7 Å². The fraction of sp³-hybridized carbons (Fsp3) is 0.389. The Hall–Kier alpha value is -2.58. The summed E-state index contributed by atoms with van der Waals surface area (Å²) in [5.41, 5.74) is 1.45. The summed E-state index contributed by atoms with van der Waals surface area (Å²) >= 11 is 0. The van der Waals surface area contributed by atoms with Gasteiger partial charge in [0.15, 0.2) is 0 Å². The van der Waals surface area contributed by atoms with Crippen LogP contribution in [0.15, 0.2) is 30.6 Å². The van der Waals surface area contributed by atoms with Gasteiger partial charge in [0.2, 0.25) is 11.8 Å². The molecule has 0 bridgehead atoms. The van der Waals surface area contributed by atoms with Gasteiger partial charge in [-0.2, -0.15) is 0 Å². The van der Waals surface area contributed by atoms with Crippen molar-refractivity contribution < 1.29 is 18.7 Å². The highest BCUT2D eigenvalue weighted by atomic mass is 19.1. The van der Waals surface area contributed by atoms with E-state index in [1.54, 1.807) is 26.2 Å². The number of nitrogens with zero attached hydrogens (tertiary/aromatic N) is 3. The van der Waals surface area contributed by atoms with Crippen molar-refractivity contribution in [3.8, 4) is 11.6 Å². The number of hydrogen-bond donors (Lipinski definition) is 1. The van der Waals surface area contributed by atoms with Crippen LogP contribution in [0.25, 0.3) is 0 Å². The van der Waals surface area contributed by atoms with Gasteiger partial charge in [0.1, 0.15) is 17.7 Å². The maximum atomic E-state index is 13.1. The minimum Gasteiger partial charge on any atom is -0.437 e. The summed E-state index contributed by atoms with van der Waals surface area (Å²) in [6.07, 6.45) is 2.71. The van der Waals surface area contributed by atoms with Crippen molar-refractivity contribution in [1.82, 2.24) is 20.2 Å². The third-order valence-corrected chi connectivity index (χ3v) is 4.11. The number of benzene rings is 1. The van der Waals surface area contributed by atoms with Gasteiger partial charge in [0, 0.05) is 26.7 Å². The van der Waals surface area contributed by atoms with Crippen molar-refractivity contribution in [3.05, 3.63) is 47.7 Å². The molecule has 0 saturated carbocycles. The Morgan fingerprint density at radius 2 is 2.27 bits per heavy atom. The molecule has 2 aromatic rings. The lowest BCUT2D eigenvalue weighted by Crippen LogP contribution is -2.48. The van der Waals surface area contributed by atoms with Gasteiger partial charge in [-0.3, -0.25) is 14.7 Å². The quantitative estimate of drug-likeness (QED) is 0.874. The van der Waals surface area contributed by atoms with Crippen LogP contribution in [-0.4, -0.2) is 53.6 Å². The van der Waals surface area contributed by atoms with Gasteiger partial charge in [-0.15, -0.1) is 0 Å². The van der Waals surface area contributed by atoms with E-state index in [0.29, 0.717) is 36.9 Å². The second-order valence-corrected chi connectivity index (χ2v) is 6.07. The van der Waals surface area contributed by atoms with Gasteiger partial charge in [0.25, 0.3) is 0 Å². The Kier molecular flexibility index (Phi) is 5.75. The minimum atomic E-state index is -0.467. The van der Waals surface area contributed by atoms with Crippen LogP contribution in [0, 0.1) is 12.7 Å². The molecule has 1 aliphatic rings. The van der Waals surface area contributed by atoms with Crippen molar-refractivity contribution >= 4 is 5.91 Å². The van der Waals surface area contributed by atoms with Crippen LogP contribution in [0.4, 0.5) is 4.39 Å². The molecule has 1 aromatic carbocycles. The second kappa shape index (κ2) is 8.20. The van der Waals surface area contributed by atoms with E-state index < -0.39 is 6.10 Å². The fourth-order valence-corrected chi connectivity index (χ4v) is 2.71. The van der Waals surface area contributed by atoms with Crippen molar-refractivity contribution in [3.63, 3.8) is 0 Å². The SMILES string of the molecule is CNC(=O)C1CN(Cc2cnc(Oc3ccc(F)cc3C)cn2)CCO1. The topological polar surface area (TPSA) is 76.6 Å². The monoisotopic (exact) mass is 360 g/mol. The number of carbonyl (C=O) groups excluding carboxylic acids is 1. The third-order valence-electron chi connectivity index (χ3n) is 4.11. The van der Waals surface area contributed by atoms with Crippen LogP contribution in [0.5, 0.6) is 11.6 Å². The molecule has 3 rings (SSSR count). The van der Waals surface area contributed by atoms with Crippen molar-refractivity contribution in [2.45, 2.75) is 19.6 Å². The van der Waals surface area contributed by atoms with Gasteiger partial charge < -0.3 is 14.8 Å². The molecule has 1 amide bonds. The minimum absolute atomic E-state index is 0.126. The lowest BCUT2D eigenvalue weighted by atomic mass is 10.2. The van der Waals surface area contributed by atoms with Crippen molar-refractivity contribution in [1.29, 1.82) is 0 Å². The smallest absolute Gasteiger partial charge is 0.250 e. The predicted octanol–water partition coefficient (Wildman–Crippen LogP) is 1.66. The number of rotatable bonds is 5. The van der Waals surface area contributed by atoms with Crippen LogP contribution in [0.1, 0.15) is 11.3 Å². The van der Waals surface area contributed by atoms with Crippen molar-refractivity contribution in [2.75, 3.05) is 26.7 Å². The molecule has 8 heteroatoms. The summed E-state index contributed by atoms with van der Waals surface area (Å²) in [5, 5.41) is 2.60. The molecule has 1 unspecified atom stereocenters. The largest absolute Gasteiger partial charge is 0.437 e. The fourth-order valence-electron chi connectivity index (χ4n) is 2.71. The number of hydrogen-bond acceptors (Lipinski definition) is 6. The number of carbonyl (C=O) groups is 1. The van der Waals surface area contributed by atoms with E-state index >= 15 is 0 Å². The van der Waals surface area contributed by atoms with E-state index in [9.17, 15) is 9.18 Å². The number of nitrogens with one attached hydrogen (secondary N) is 1. The van der Waals surface area contributed by atoms with Gasteiger partial charge >= 0.3 is 0 Å². The molecule has 1 fully saturated rings. The maximum Gasteiger partial charge on any atom is 0.250 e. The van der Waals surface area contributed by atoms with E-state index in [4.69, 9.17) is 9.47 Å². The van der Waals surface area contributed by atoms with Crippen LogP contribution < -0.4 is 10.1 Å². The summed E-state index contributed by atoms with van der Waals surface area (Å²) in [4.78, 5) is 22.4. The summed E-state index contributed by atoms with van der Waals surface area (Å²) < 4.78 is 24.3. The Bertz CT molecular complexity index is 770. The first-order chi connectivity index (χ1) is 12.5. The van der Waals surface area contributed by atoms with E-state index in [1.165, 1.54) is 18.3 Å². The number of amides is 1. The number of likely N-dealkylation sites (N-methyl/N-ethyl adjacent to an activating group) is 1. The highest BCUT2D eigenvalue weighted by Crippen LogP contribution is 2.23. The predicted molar refractivity (Wildman–Crippen MR) is 92.3 cm³/mol. The first kappa shape index (κ1) is 18.2. The number of halogens is 1. The average molecular weight is 360 g/mol. The van der Waals surface area contributed by atoms with E-state index in [2.05, 4.69) is 20.2 Å². The summed E-state index contributed by atoms with van der Waals surface area (Å²) in [7, 11) is 1.59. The number of aryl methyl sites for hydroxylation is 1. The molecule has 7 nitrogen and oxygen atoms in total. The average Bonchev–Trinajstić information content (AvgIpc) is 2.65. The third kappa shape index (κ3) is 4.53. The van der Waals surface area contributed by atoms with Gasteiger partial charge in [-0.25, -0.2) is 9.37 Å². The second-order valence-electron chi connectivity index (χ2n) is 6.07. The zero-order valence-corrected chi connectivity index (χ0v) is 14.7. The molecule has 138 valence electrons. The first-order valence-electron chi connectivity index (χ1n) is 8.35. The Labute approximate surface area is 151 Å². The molecular weight excluding hydrogens is 339 g/mol. The molecule has 2 heterocycles. The summed E-state index contributed by atoms with van der Waals surface area (Å²) in [6.45, 7) is 4.06. The van der Waals surface area contributed by atoms with E-state index in [1.807, 2.05) is 0 Å². The molecule has 0 spiro atoms. The Morgan fingerprint density at radius 3 is 2.96 bits per heavy atom. The van der Waals surface area contributed by atoms with Crippen molar-refractivity contribution in [2.24, 2.45) is 0 Å². The van der Waals surface area contributed by atoms with Crippen LogP contribution in [0.2, 0.25) is 0 Å². The standard InChI is InChI=1S/C18H21FN4O3/c1-12-7-13(19)3-4-15(12)26-17-9-21-14(8-22-17)10-23-5-6-25-16(11-23)18(24)20-2/h3-4,7-9,16H,5-6,10-11H2,1-2H3,(H,20,24). The zero-order valence-electron chi connectivity index (χ0n) is 14.7. The molecule has 1 N–H and O–H groups in total. The normalized spacial score (nSPS) is 17.7. The van der Waals surface area contributed by atoms with Crippen LogP contribution in [0.3, 0.4) is 0 Å². The van der Waals surface area contributed by atoms with Gasteiger partial charge in [0.05, 0.1) is 24.7 Å². The molecule has 1 aliphatic heterocycles. The molecule has 1 atom stereocenters. The Morgan fingerprint density at radius 1 is 1.42 bits per heavy atom. The lowest BCUT2D eigenvalue weighted by Gasteiger charge is -2.31. The first-order valence-corrected chi connectivity index (χ1v) is 8.35. The number of ether oxygens (including phenoxy) is 2.